The van der Waals surface area contributed by atoms with Crippen molar-refractivity contribution in [1.29, 1.82) is 0 Å². The summed E-state index contributed by atoms with van der Waals surface area (Å²) in [6.45, 7) is 1.50. The molecular formula is C51H61N15O7. The molecule has 2 aliphatic heterocycles. The number of hydrogen-bond donors (Lipinski definition) is 7. The molecule has 22 heteroatoms. The van der Waals surface area contributed by atoms with E-state index in [0.717, 1.165) is 37.8 Å². The van der Waals surface area contributed by atoms with Crippen LogP contribution in [-0.4, -0.2) is 108 Å². The number of aromatic nitrogens is 2. The molecule has 11 N–H and O–H groups in total. The Morgan fingerprint density at radius 3 is 1.96 bits per heavy atom. The van der Waals surface area contributed by atoms with E-state index in [9.17, 15) is 24.0 Å². The van der Waals surface area contributed by atoms with Crippen LogP contribution in [0.3, 0.4) is 0 Å². The van der Waals surface area contributed by atoms with Crippen molar-refractivity contribution in [2.45, 2.75) is 75.4 Å². The summed E-state index contributed by atoms with van der Waals surface area (Å²) < 4.78 is 11.9. The number of rotatable bonds is 19. The number of nitrogens with one attached hydrogen (secondary N) is 3. The number of carbonyl (C=O) groups excluding carboxylic acids is 5. The maximum absolute atomic E-state index is 13.8. The van der Waals surface area contributed by atoms with Crippen LogP contribution in [0.5, 0.6) is 11.5 Å². The number of likely N-dealkylation sites (N-methyl/N-ethyl adjacent to an activating group) is 2. The van der Waals surface area contributed by atoms with E-state index >= 15 is 0 Å². The molecule has 2 aliphatic rings. The van der Waals surface area contributed by atoms with E-state index in [1.807, 2.05) is 36.0 Å². The number of amides is 3. The molecule has 0 radical (unpaired) electrons. The lowest BCUT2D eigenvalue weighted by atomic mass is 9.87. The van der Waals surface area contributed by atoms with E-state index in [0.29, 0.717) is 50.0 Å². The largest absolute Gasteiger partial charge is 0.423 e. The molecule has 2 aromatic heterocycles. The molecule has 3 amide bonds. The van der Waals surface area contributed by atoms with Gasteiger partial charge in [-0.2, -0.15) is 0 Å². The van der Waals surface area contributed by atoms with Gasteiger partial charge >= 0.3 is 11.9 Å². The van der Waals surface area contributed by atoms with Crippen molar-refractivity contribution in [3.8, 4) is 11.5 Å². The third kappa shape index (κ3) is 14.5. The monoisotopic (exact) mass is 995 g/mol. The lowest BCUT2D eigenvalue weighted by molar-refractivity contribution is -0.142. The Labute approximate surface area is 422 Å². The topological polar surface area (TPSA) is 326 Å². The number of nitrogens with two attached hydrogens (primary N) is 4. The molecule has 4 atom stereocenters. The van der Waals surface area contributed by atoms with E-state index in [1.54, 1.807) is 72.8 Å². The third-order valence-corrected chi connectivity index (χ3v) is 12.5. The van der Waals surface area contributed by atoms with Crippen LogP contribution in [0.1, 0.15) is 73.2 Å². The van der Waals surface area contributed by atoms with Gasteiger partial charge in [-0.3, -0.25) is 24.2 Å². The quantitative estimate of drug-likeness (QED) is 0.0203. The van der Waals surface area contributed by atoms with Crippen molar-refractivity contribution in [2.75, 3.05) is 62.4 Å². The number of carbonyl (C=O) groups is 5. The summed E-state index contributed by atoms with van der Waals surface area (Å²) in [4.78, 5) is 77.2. The Kier molecular flexibility index (Phi) is 18.3. The van der Waals surface area contributed by atoms with Crippen LogP contribution in [0.4, 0.5) is 46.0 Å². The molecule has 382 valence electrons. The number of pyridine rings is 2. The molecule has 1 unspecified atom stereocenters. The average Bonchev–Trinajstić information content (AvgIpc) is 3.38. The molecular weight excluding hydrogens is 935 g/mol. The van der Waals surface area contributed by atoms with Crippen molar-refractivity contribution < 1.29 is 33.4 Å². The molecule has 2 saturated heterocycles. The number of likely N-dealkylation sites (tertiary alicyclic amines) is 2. The fourth-order valence-corrected chi connectivity index (χ4v) is 8.38. The third-order valence-electron chi connectivity index (χ3n) is 12.5. The minimum atomic E-state index is -0.732. The number of azo groups is 2. The summed E-state index contributed by atoms with van der Waals surface area (Å²) >= 11 is 0. The van der Waals surface area contributed by atoms with Crippen LogP contribution < -0.4 is 48.4 Å². The molecule has 4 heterocycles. The highest BCUT2D eigenvalue weighted by atomic mass is 16.5. The van der Waals surface area contributed by atoms with E-state index in [-0.39, 0.29) is 64.3 Å². The fraction of sp³-hybridized carbons (Fsp3) is 0.353. The Bertz CT molecular complexity index is 2830. The van der Waals surface area contributed by atoms with E-state index in [2.05, 4.69) is 46.4 Å². The van der Waals surface area contributed by atoms with E-state index < -0.39 is 47.8 Å². The van der Waals surface area contributed by atoms with Gasteiger partial charge in [0.2, 0.25) is 11.8 Å². The number of benzene rings is 3. The summed E-state index contributed by atoms with van der Waals surface area (Å²) in [5.41, 5.74) is 26.3. The van der Waals surface area contributed by atoms with Gasteiger partial charge in [-0.25, -0.2) is 19.6 Å². The minimum absolute atomic E-state index is 0.00949. The van der Waals surface area contributed by atoms with Crippen molar-refractivity contribution in [1.82, 2.24) is 25.1 Å². The Balaban J connectivity index is 0.988. The second-order valence-electron chi connectivity index (χ2n) is 17.8. The smallest absolute Gasteiger partial charge is 0.328 e. The van der Waals surface area contributed by atoms with Crippen molar-refractivity contribution in [2.24, 2.45) is 31.9 Å². The SMILES string of the molecule is CN1CC(c2ccc(OC(=O)[C@@H]3CCCCN3C)c(N=Nc3ccc(NC(=O)[C@@H](N)CCCCN)nc3N)c2)CC[C@H]1C(=O)Oc1ccccc1N=Nc1ccc(NC(=O)CNC(=O)c2ccccc2)nc1N. The van der Waals surface area contributed by atoms with Crippen LogP contribution in [-0.2, 0) is 19.2 Å². The summed E-state index contributed by atoms with van der Waals surface area (Å²) in [5, 5.41) is 25.3. The van der Waals surface area contributed by atoms with Gasteiger partial charge in [0, 0.05) is 12.1 Å². The number of piperidine rings is 2. The predicted molar refractivity (Wildman–Crippen MR) is 275 cm³/mol. The average molecular weight is 996 g/mol. The number of para-hydroxylation sites is 1. The minimum Gasteiger partial charge on any atom is -0.423 e. The molecule has 3 aromatic carbocycles. The standard InChI is InChI=1S/C51H61N15O7/c1-65-27-11-9-16-39(65)50(70)73-42-23-19-32(28-38(42)64-63-37-21-25-44(59-47(37)55)60-49(69)34(53)14-8-10-26-52)33-18-22-40(66(2)30-33)51(71)72-41-17-7-6-15-35(41)61-62-36-20-24-43(58-46(36)54)57-45(67)29-56-48(68)31-12-4-3-5-13-31/h3-7,12-13,15,17,19-21,23-25,28,33-34,39-40H,8-11,14,16,18,22,26-27,29-30,52-53H2,1-2H3,(H,56,68)(H3,54,57,58,67)(H3,55,59,60,69)/t33?,34-,39-,40-/m0/s1. The number of unbranched alkanes of at least 4 members (excludes halogenated alkanes) is 1. The lowest BCUT2D eigenvalue weighted by Gasteiger charge is -2.36. The number of esters is 2. The van der Waals surface area contributed by atoms with E-state index in [1.165, 1.54) is 12.1 Å². The van der Waals surface area contributed by atoms with Gasteiger partial charge in [0.1, 0.15) is 46.5 Å². The van der Waals surface area contributed by atoms with Crippen molar-refractivity contribution in [3.05, 3.63) is 108 Å². The number of hydrogen-bond acceptors (Lipinski definition) is 19. The summed E-state index contributed by atoms with van der Waals surface area (Å²) in [5.74, 6) is -1.45. The van der Waals surface area contributed by atoms with E-state index in [4.69, 9.17) is 32.4 Å². The molecule has 22 nitrogen and oxygen atoms in total. The fourth-order valence-electron chi connectivity index (χ4n) is 8.38. The summed E-state index contributed by atoms with van der Waals surface area (Å²) in [6.07, 6.45) is 5.61. The first-order chi connectivity index (χ1) is 35.3. The van der Waals surface area contributed by atoms with Gasteiger partial charge < -0.3 is 48.4 Å². The molecule has 7 rings (SSSR count). The van der Waals surface area contributed by atoms with Gasteiger partial charge in [0.15, 0.2) is 23.1 Å². The van der Waals surface area contributed by atoms with Gasteiger partial charge in [0.05, 0.1) is 12.6 Å². The van der Waals surface area contributed by atoms with Crippen molar-refractivity contribution >= 4 is 75.7 Å². The van der Waals surface area contributed by atoms with Gasteiger partial charge in [-0.15, -0.1) is 20.5 Å². The highest BCUT2D eigenvalue weighted by Crippen LogP contribution is 2.39. The number of ether oxygens (including phenoxy) is 2. The molecule has 0 spiro atoms. The molecule has 0 aliphatic carbocycles. The zero-order chi connectivity index (χ0) is 51.9. The molecule has 73 heavy (non-hydrogen) atoms. The van der Waals surface area contributed by atoms with Crippen LogP contribution in [0.15, 0.2) is 118 Å². The Hall–Kier alpha value is -8.05. The second kappa shape index (κ2) is 25.4. The summed E-state index contributed by atoms with van der Waals surface area (Å²) in [7, 11) is 3.75. The first kappa shape index (κ1) is 52.8. The molecule has 0 bridgehead atoms. The first-order valence-corrected chi connectivity index (χ1v) is 24.1. The molecule has 2 fully saturated rings. The molecule has 5 aromatic rings. The maximum atomic E-state index is 13.8. The van der Waals surface area contributed by atoms with Crippen LogP contribution in [0, 0.1) is 0 Å². The molecule has 0 saturated carbocycles. The van der Waals surface area contributed by atoms with Gasteiger partial charge in [-0.1, -0.05) is 49.2 Å². The highest BCUT2D eigenvalue weighted by Gasteiger charge is 2.34. The van der Waals surface area contributed by atoms with Crippen LogP contribution in [0.25, 0.3) is 0 Å². The van der Waals surface area contributed by atoms with Gasteiger partial charge in [0.25, 0.3) is 5.91 Å². The number of anilines is 4. The number of nitrogens with zero attached hydrogens (tertiary/aromatic N) is 8. The zero-order valence-corrected chi connectivity index (χ0v) is 40.8. The zero-order valence-electron chi connectivity index (χ0n) is 40.8. The second-order valence-corrected chi connectivity index (χ2v) is 17.8. The maximum Gasteiger partial charge on any atom is 0.328 e. The summed E-state index contributed by atoms with van der Waals surface area (Å²) in [6, 6.07) is 25.0. The van der Waals surface area contributed by atoms with Crippen LogP contribution >= 0.6 is 0 Å². The first-order valence-electron chi connectivity index (χ1n) is 24.1. The predicted octanol–water partition coefficient (Wildman–Crippen LogP) is 6.41. The van der Waals surface area contributed by atoms with Crippen molar-refractivity contribution in [3.63, 3.8) is 0 Å². The normalized spacial score (nSPS) is 17.7. The lowest BCUT2D eigenvalue weighted by Crippen LogP contribution is -2.46. The van der Waals surface area contributed by atoms with Crippen LogP contribution in [0.2, 0.25) is 0 Å². The Morgan fingerprint density at radius 2 is 1.30 bits per heavy atom. The Morgan fingerprint density at radius 1 is 0.685 bits per heavy atom. The number of nitrogen functional groups attached to an aromatic ring is 2. The highest BCUT2D eigenvalue weighted by molar-refractivity contribution is 5.99. The van der Waals surface area contributed by atoms with Gasteiger partial charge in [-0.05, 0) is 138 Å².